The van der Waals surface area contributed by atoms with Crippen molar-refractivity contribution in [1.82, 2.24) is 5.32 Å². The van der Waals surface area contributed by atoms with Gasteiger partial charge in [0.15, 0.2) is 0 Å². The van der Waals surface area contributed by atoms with Crippen LogP contribution in [0.1, 0.15) is 33.6 Å². The van der Waals surface area contributed by atoms with Gasteiger partial charge in [-0.3, -0.25) is 10.1 Å². The van der Waals surface area contributed by atoms with Gasteiger partial charge in [0.2, 0.25) is 5.54 Å². The number of aliphatic carboxylic acids is 2. The number of hydrogen-bond acceptors (Lipinski definition) is 6. The first-order valence-corrected chi connectivity index (χ1v) is 5.99. The summed E-state index contributed by atoms with van der Waals surface area (Å²) >= 11 is 0. The molecule has 0 spiro atoms. The Bertz CT molecular complexity index is 439. The van der Waals surface area contributed by atoms with E-state index in [1.165, 1.54) is 0 Å². The van der Waals surface area contributed by atoms with Crippen LogP contribution in [-0.2, 0) is 23.9 Å². The van der Waals surface area contributed by atoms with Gasteiger partial charge in [0.1, 0.15) is 5.60 Å². The number of carboxylic acids is 2. The molecule has 120 valence electrons. The SMILES string of the molecule is COC(=O)[C@](CCC(=O)O)(NC(=O)OC(C)(C)C)C(=O)O. The van der Waals surface area contributed by atoms with Crippen molar-refractivity contribution < 1.29 is 38.9 Å². The summed E-state index contributed by atoms with van der Waals surface area (Å²) in [5, 5.41) is 19.8. The van der Waals surface area contributed by atoms with E-state index in [1.807, 2.05) is 5.32 Å². The van der Waals surface area contributed by atoms with E-state index in [1.54, 1.807) is 20.8 Å². The van der Waals surface area contributed by atoms with Gasteiger partial charge in [-0.2, -0.15) is 0 Å². The summed E-state index contributed by atoms with van der Waals surface area (Å²) in [5.41, 5.74) is -3.44. The standard InChI is InChI=1S/C12H19NO8/c1-11(2,3)21-10(19)13-12(8(16)17,9(18)20-4)6-5-7(14)15/h5-6H2,1-4H3,(H,13,19)(H,14,15)(H,16,17)/t12-/m1/s1. The van der Waals surface area contributed by atoms with E-state index in [9.17, 15) is 24.3 Å². The largest absolute Gasteiger partial charge is 0.481 e. The van der Waals surface area contributed by atoms with Crippen molar-refractivity contribution in [3.05, 3.63) is 0 Å². The molecule has 0 saturated heterocycles. The molecule has 1 atom stereocenters. The van der Waals surface area contributed by atoms with Crippen molar-refractivity contribution in [3.8, 4) is 0 Å². The Hall–Kier alpha value is -2.32. The summed E-state index contributed by atoms with van der Waals surface area (Å²) in [6, 6.07) is 0. The first-order valence-electron chi connectivity index (χ1n) is 5.99. The van der Waals surface area contributed by atoms with E-state index in [0.29, 0.717) is 0 Å². The molecule has 0 aromatic heterocycles. The lowest BCUT2D eigenvalue weighted by Crippen LogP contribution is -2.61. The van der Waals surface area contributed by atoms with Gasteiger partial charge < -0.3 is 19.7 Å². The molecule has 0 saturated carbocycles. The average molecular weight is 305 g/mol. The zero-order valence-corrected chi connectivity index (χ0v) is 12.3. The van der Waals surface area contributed by atoms with Crippen LogP contribution in [0, 0.1) is 0 Å². The third kappa shape index (κ3) is 5.67. The molecule has 0 aliphatic carbocycles. The predicted molar refractivity (Wildman–Crippen MR) is 68.6 cm³/mol. The smallest absolute Gasteiger partial charge is 0.409 e. The van der Waals surface area contributed by atoms with Crippen LogP contribution in [0.25, 0.3) is 0 Å². The molecule has 0 aromatic carbocycles. The van der Waals surface area contributed by atoms with Crippen molar-refractivity contribution >= 4 is 24.0 Å². The maximum atomic E-state index is 11.7. The fraction of sp³-hybridized carbons (Fsp3) is 0.667. The molecule has 21 heavy (non-hydrogen) atoms. The van der Waals surface area contributed by atoms with Crippen molar-refractivity contribution in [1.29, 1.82) is 0 Å². The normalized spacial score (nSPS) is 13.7. The van der Waals surface area contributed by atoms with Crippen LogP contribution in [0.2, 0.25) is 0 Å². The quantitative estimate of drug-likeness (QED) is 0.472. The van der Waals surface area contributed by atoms with Crippen LogP contribution in [0.3, 0.4) is 0 Å². The Morgan fingerprint density at radius 2 is 1.62 bits per heavy atom. The molecular formula is C12H19NO8. The average Bonchev–Trinajstić information content (AvgIpc) is 2.30. The lowest BCUT2D eigenvalue weighted by molar-refractivity contribution is -0.162. The molecule has 0 heterocycles. The van der Waals surface area contributed by atoms with Crippen LogP contribution in [-0.4, -0.2) is 52.5 Å². The summed E-state index contributed by atoms with van der Waals surface area (Å²) in [5.74, 6) is -4.35. The first-order chi connectivity index (χ1) is 9.44. The summed E-state index contributed by atoms with van der Waals surface area (Å²) in [4.78, 5) is 45.4. The Labute approximate surface area is 121 Å². The van der Waals surface area contributed by atoms with E-state index < -0.39 is 48.0 Å². The second kappa shape index (κ2) is 6.91. The van der Waals surface area contributed by atoms with E-state index >= 15 is 0 Å². The van der Waals surface area contributed by atoms with Crippen LogP contribution < -0.4 is 5.32 Å². The number of rotatable bonds is 6. The van der Waals surface area contributed by atoms with E-state index in [0.717, 1.165) is 7.11 Å². The molecule has 0 unspecified atom stereocenters. The van der Waals surface area contributed by atoms with Gasteiger partial charge in [-0.1, -0.05) is 0 Å². The number of esters is 1. The Morgan fingerprint density at radius 1 is 1.10 bits per heavy atom. The number of carbonyl (C=O) groups is 4. The number of ether oxygens (including phenoxy) is 2. The highest BCUT2D eigenvalue weighted by molar-refractivity contribution is 6.06. The van der Waals surface area contributed by atoms with Gasteiger partial charge in [-0.25, -0.2) is 14.4 Å². The van der Waals surface area contributed by atoms with E-state index in [4.69, 9.17) is 9.84 Å². The second-order valence-electron chi connectivity index (χ2n) is 5.22. The van der Waals surface area contributed by atoms with Crippen molar-refractivity contribution in [2.75, 3.05) is 7.11 Å². The maximum Gasteiger partial charge on any atom is 0.409 e. The zero-order chi connectivity index (χ0) is 16.8. The van der Waals surface area contributed by atoms with Crippen LogP contribution in [0.5, 0.6) is 0 Å². The second-order valence-corrected chi connectivity index (χ2v) is 5.22. The summed E-state index contributed by atoms with van der Waals surface area (Å²) in [6.45, 7) is 4.64. The molecule has 0 rings (SSSR count). The Kier molecular flexibility index (Phi) is 6.15. The minimum Gasteiger partial charge on any atom is -0.481 e. The zero-order valence-electron chi connectivity index (χ0n) is 12.3. The van der Waals surface area contributed by atoms with Gasteiger partial charge in [0, 0.05) is 12.8 Å². The van der Waals surface area contributed by atoms with Crippen LogP contribution in [0.4, 0.5) is 4.79 Å². The number of carboxylic acid groups (broad SMARTS) is 2. The highest BCUT2D eigenvalue weighted by Crippen LogP contribution is 2.18. The molecule has 1 amide bonds. The Balaban J connectivity index is 5.36. The number of hydrogen-bond donors (Lipinski definition) is 3. The van der Waals surface area contributed by atoms with Gasteiger partial charge in [-0.05, 0) is 20.8 Å². The topological polar surface area (TPSA) is 139 Å². The molecule has 9 heteroatoms. The summed E-state index contributed by atoms with van der Waals surface area (Å²) < 4.78 is 9.23. The number of alkyl carbamates (subject to hydrolysis) is 1. The first kappa shape index (κ1) is 18.7. The third-order valence-electron chi connectivity index (χ3n) is 2.33. The lowest BCUT2D eigenvalue weighted by Gasteiger charge is -2.29. The minimum absolute atomic E-state index is 0.656. The lowest BCUT2D eigenvalue weighted by atomic mass is 9.93. The maximum absolute atomic E-state index is 11.7. The van der Waals surface area contributed by atoms with Gasteiger partial charge in [-0.15, -0.1) is 0 Å². The number of carbonyl (C=O) groups excluding carboxylic acids is 2. The fourth-order valence-electron chi connectivity index (χ4n) is 1.41. The minimum atomic E-state index is -2.52. The van der Waals surface area contributed by atoms with Crippen molar-refractivity contribution in [2.45, 2.75) is 44.8 Å². The van der Waals surface area contributed by atoms with Crippen LogP contribution >= 0.6 is 0 Å². The molecule has 9 nitrogen and oxygen atoms in total. The molecule has 0 bridgehead atoms. The van der Waals surface area contributed by atoms with E-state index in [-0.39, 0.29) is 0 Å². The summed E-state index contributed by atoms with van der Waals surface area (Å²) in [7, 11) is 0.928. The highest BCUT2D eigenvalue weighted by atomic mass is 16.6. The van der Waals surface area contributed by atoms with Gasteiger partial charge >= 0.3 is 24.0 Å². The predicted octanol–water partition coefficient (Wildman–Crippen LogP) is 0.372. The molecular weight excluding hydrogens is 286 g/mol. The highest BCUT2D eigenvalue weighted by Gasteiger charge is 2.50. The molecule has 0 aliphatic heterocycles. The Morgan fingerprint density at radius 3 is 1.95 bits per heavy atom. The van der Waals surface area contributed by atoms with Crippen molar-refractivity contribution in [3.63, 3.8) is 0 Å². The third-order valence-corrected chi connectivity index (χ3v) is 2.33. The summed E-state index contributed by atoms with van der Waals surface area (Å²) in [6.07, 6.45) is -2.50. The number of methoxy groups -OCH3 is 1. The van der Waals surface area contributed by atoms with Gasteiger partial charge in [0.05, 0.1) is 7.11 Å². The monoisotopic (exact) mass is 305 g/mol. The molecule has 0 radical (unpaired) electrons. The van der Waals surface area contributed by atoms with E-state index in [2.05, 4.69) is 4.74 Å². The number of amides is 1. The van der Waals surface area contributed by atoms with Crippen molar-refractivity contribution in [2.24, 2.45) is 0 Å². The molecule has 0 aromatic rings. The molecule has 0 fully saturated rings. The number of nitrogens with one attached hydrogen (secondary N) is 1. The molecule has 3 N–H and O–H groups in total. The molecule has 0 aliphatic rings. The fourth-order valence-corrected chi connectivity index (χ4v) is 1.41. The van der Waals surface area contributed by atoms with Gasteiger partial charge in [0.25, 0.3) is 0 Å². The van der Waals surface area contributed by atoms with Crippen LogP contribution in [0.15, 0.2) is 0 Å².